The van der Waals surface area contributed by atoms with E-state index in [-0.39, 0.29) is 5.56 Å². The molecule has 0 radical (unpaired) electrons. The van der Waals surface area contributed by atoms with E-state index in [0.29, 0.717) is 24.0 Å². The van der Waals surface area contributed by atoms with Gasteiger partial charge in [-0.15, -0.1) is 0 Å². The van der Waals surface area contributed by atoms with Gasteiger partial charge in [0.2, 0.25) is 0 Å². The maximum Gasteiger partial charge on any atom is 0.277 e. The number of aromatic nitrogens is 2. The number of H-pyrrole nitrogens is 1. The van der Waals surface area contributed by atoms with Crippen LogP contribution in [0.25, 0.3) is 11.3 Å². The maximum absolute atomic E-state index is 11.6. The molecule has 0 aliphatic heterocycles. The number of amides is 1. The van der Waals surface area contributed by atoms with Crippen LogP contribution in [-0.4, -0.2) is 22.7 Å². The number of carbonyl (C=O) groups is 1. The summed E-state index contributed by atoms with van der Waals surface area (Å²) in [7, 11) is 0. The fourth-order valence-corrected chi connectivity index (χ4v) is 1.81. The highest BCUT2D eigenvalue weighted by Crippen LogP contribution is 2.22. The number of aromatic amines is 1. The Balaban J connectivity index is 2.34. The third kappa shape index (κ3) is 3.70. The molecule has 0 spiro atoms. The zero-order valence-corrected chi connectivity index (χ0v) is 12.4. The van der Waals surface area contributed by atoms with Crippen LogP contribution in [0.5, 0.6) is 5.75 Å². The van der Waals surface area contributed by atoms with Gasteiger partial charge < -0.3 is 4.74 Å². The molecule has 1 amide bonds. The number of hydrogen-bond donors (Lipinski definition) is 3. The molecule has 7 nitrogen and oxygen atoms in total. The van der Waals surface area contributed by atoms with Gasteiger partial charge in [0.1, 0.15) is 11.3 Å². The standard InChI is InChI=1S/C15H18N4O3/c1-9(2)8-22-11-5-3-4-10(6-11)13-7-12(14(20)17-16)15(21)19-18-13/h3-7,9H,8,16H2,1-2H3,(H,17,20)(H,19,21). The normalized spacial score (nSPS) is 10.5. The van der Waals surface area contributed by atoms with Crippen LogP contribution < -0.4 is 21.6 Å². The van der Waals surface area contributed by atoms with Gasteiger partial charge in [0.05, 0.1) is 12.3 Å². The fourth-order valence-electron chi connectivity index (χ4n) is 1.81. The zero-order valence-electron chi connectivity index (χ0n) is 12.4. The van der Waals surface area contributed by atoms with Crippen molar-refractivity contribution in [2.45, 2.75) is 13.8 Å². The Morgan fingerprint density at radius 1 is 1.41 bits per heavy atom. The summed E-state index contributed by atoms with van der Waals surface area (Å²) in [4.78, 5) is 23.1. The monoisotopic (exact) mass is 302 g/mol. The summed E-state index contributed by atoms with van der Waals surface area (Å²) in [6.45, 7) is 4.72. The first-order valence-electron chi connectivity index (χ1n) is 6.85. The quantitative estimate of drug-likeness (QED) is 0.435. The molecule has 1 heterocycles. The number of rotatable bonds is 5. The number of nitrogens with one attached hydrogen (secondary N) is 2. The number of carbonyl (C=O) groups excluding carboxylic acids is 1. The lowest BCUT2D eigenvalue weighted by Crippen LogP contribution is -2.34. The summed E-state index contributed by atoms with van der Waals surface area (Å²) in [6.07, 6.45) is 0. The molecule has 0 aliphatic carbocycles. The molecule has 0 atom stereocenters. The second kappa shape index (κ2) is 6.86. The van der Waals surface area contributed by atoms with Gasteiger partial charge in [-0.25, -0.2) is 10.9 Å². The molecule has 0 fully saturated rings. The van der Waals surface area contributed by atoms with E-state index >= 15 is 0 Å². The summed E-state index contributed by atoms with van der Waals surface area (Å²) < 4.78 is 5.65. The Bertz CT molecular complexity index is 725. The van der Waals surface area contributed by atoms with E-state index in [1.54, 1.807) is 6.07 Å². The van der Waals surface area contributed by atoms with Crippen LogP contribution >= 0.6 is 0 Å². The van der Waals surface area contributed by atoms with Gasteiger partial charge in [0.15, 0.2) is 0 Å². The molecule has 1 aromatic heterocycles. The number of nitrogens with zero attached hydrogens (tertiary/aromatic N) is 1. The van der Waals surface area contributed by atoms with E-state index in [2.05, 4.69) is 24.0 Å². The Hall–Kier alpha value is -2.67. The minimum Gasteiger partial charge on any atom is -0.493 e. The van der Waals surface area contributed by atoms with Gasteiger partial charge in [0, 0.05) is 5.56 Å². The predicted octanol–water partition coefficient (Wildman–Crippen LogP) is 1.08. The molecule has 1 aromatic carbocycles. The molecule has 0 bridgehead atoms. The van der Waals surface area contributed by atoms with Crippen molar-refractivity contribution in [2.75, 3.05) is 6.61 Å². The van der Waals surface area contributed by atoms with Crippen molar-refractivity contribution < 1.29 is 9.53 Å². The predicted molar refractivity (Wildman–Crippen MR) is 82.3 cm³/mol. The van der Waals surface area contributed by atoms with Crippen molar-refractivity contribution in [3.8, 4) is 17.0 Å². The molecule has 2 rings (SSSR count). The number of ether oxygens (including phenoxy) is 1. The van der Waals surface area contributed by atoms with Gasteiger partial charge in [-0.05, 0) is 24.1 Å². The summed E-state index contributed by atoms with van der Waals surface area (Å²) in [6, 6.07) is 8.66. The molecule has 0 unspecified atom stereocenters. The van der Waals surface area contributed by atoms with Gasteiger partial charge in [-0.1, -0.05) is 26.0 Å². The molecular weight excluding hydrogens is 284 g/mol. The molecule has 7 heteroatoms. The van der Waals surface area contributed by atoms with Crippen molar-refractivity contribution in [2.24, 2.45) is 11.8 Å². The molecule has 116 valence electrons. The maximum atomic E-state index is 11.6. The lowest BCUT2D eigenvalue weighted by molar-refractivity contribution is 0.0952. The lowest BCUT2D eigenvalue weighted by atomic mass is 10.1. The van der Waals surface area contributed by atoms with E-state index in [4.69, 9.17) is 10.6 Å². The topological polar surface area (TPSA) is 110 Å². The van der Waals surface area contributed by atoms with E-state index < -0.39 is 11.5 Å². The van der Waals surface area contributed by atoms with Crippen LogP contribution in [-0.2, 0) is 0 Å². The second-order valence-electron chi connectivity index (χ2n) is 5.20. The second-order valence-corrected chi connectivity index (χ2v) is 5.20. The van der Waals surface area contributed by atoms with Crippen LogP contribution in [0.2, 0.25) is 0 Å². The van der Waals surface area contributed by atoms with Gasteiger partial charge in [-0.3, -0.25) is 15.0 Å². The van der Waals surface area contributed by atoms with Gasteiger partial charge >= 0.3 is 0 Å². The van der Waals surface area contributed by atoms with Crippen LogP contribution in [0.1, 0.15) is 24.2 Å². The molecule has 0 saturated heterocycles. The van der Waals surface area contributed by atoms with Crippen LogP contribution in [0.15, 0.2) is 35.1 Å². The molecule has 0 aliphatic rings. The Kier molecular flexibility index (Phi) is 4.90. The molecule has 2 aromatic rings. The minimum absolute atomic E-state index is 0.0963. The van der Waals surface area contributed by atoms with Crippen LogP contribution in [0.4, 0.5) is 0 Å². The smallest absolute Gasteiger partial charge is 0.277 e. The summed E-state index contributed by atoms with van der Waals surface area (Å²) >= 11 is 0. The molecule has 4 N–H and O–H groups in total. The van der Waals surface area contributed by atoms with Crippen molar-refractivity contribution in [3.63, 3.8) is 0 Å². The van der Waals surface area contributed by atoms with E-state index in [1.807, 2.05) is 23.6 Å². The van der Waals surface area contributed by atoms with Gasteiger partial charge in [0.25, 0.3) is 11.5 Å². The highest BCUT2D eigenvalue weighted by Gasteiger charge is 2.12. The summed E-state index contributed by atoms with van der Waals surface area (Å²) in [5, 5.41) is 6.24. The fraction of sp³-hybridized carbons (Fsp3) is 0.267. The highest BCUT2D eigenvalue weighted by atomic mass is 16.5. The zero-order chi connectivity index (χ0) is 16.1. The molecular formula is C15H18N4O3. The van der Waals surface area contributed by atoms with E-state index in [1.165, 1.54) is 6.07 Å². The largest absolute Gasteiger partial charge is 0.493 e. The van der Waals surface area contributed by atoms with Crippen molar-refractivity contribution in [1.82, 2.24) is 15.6 Å². The van der Waals surface area contributed by atoms with Gasteiger partial charge in [-0.2, -0.15) is 5.10 Å². The first-order valence-corrected chi connectivity index (χ1v) is 6.85. The Labute approximate surface area is 127 Å². The Morgan fingerprint density at radius 2 is 2.18 bits per heavy atom. The number of nitrogens with two attached hydrogens (primary N) is 1. The van der Waals surface area contributed by atoms with Crippen LogP contribution in [0, 0.1) is 5.92 Å². The first-order chi connectivity index (χ1) is 10.5. The molecule has 22 heavy (non-hydrogen) atoms. The van der Waals surface area contributed by atoms with Crippen molar-refractivity contribution in [3.05, 3.63) is 46.2 Å². The SMILES string of the molecule is CC(C)COc1cccc(-c2cc(C(=O)NN)c(=O)[nH]n2)c1. The minimum atomic E-state index is -0.669. The van der Waals surface area contributed by atoms with Crippen molar-refractivity contribution >= 4 is 5.91 Å². The average Bonchev–Trinajstić information content (AvgIpc) is 2.53. The number of nitrogen functional groups attached to an aromatic ring is 1. The van der Waals surface area contributed by atoms with Crippen LogP contribution in [0.3, 0.4) is 0 Å². The number of hydrazine groups is 1. The summed E-state index contributed by atoms with van der Waals surface area (Å²) in [5.41, 5.74) is 2.42. The molecule has 0 saturated carbocycles. The number of benzene rings is 1. The lowest BCUT2D eigenvalue weighted by Gasteiger charge is -2.10. The number of hydrogen-bond acceptors (Lipinski definition) is 5. The van der Waals surface area contributed by atoms with E-state index in [9.17, 15) is 9.59 Å². The third-order valence-electron chi connectivity index (χ3n) is 2.89. The third-order valence-corrected chi connectivity index (χ3v) is 2.89. The first kappa shape index (κ1) is 15.7. The highest BCUT2D eigenvalue weighted by molar-refractivity contribution is 5.94. The summed E-state index contributed by atoms with van der Waals surface area (Å²) in [5.74, 6) is 5.50. The van der Waals surface area contributed by atoms with E-state index in [0.717, 1.165) is 5.56 Å². The Morgan fingerprint density at radius 3 is 2.86 bits per heavy atom. The average molecular weight is 302 g/mol. The van der Waals surface area contributed by atoms with Crippen molar-refractivity contribution in [1.29, 1.82) is 0 Å².